The maximum absolute atomic E-state index is 12.3. The summed E-state index contributed by atoms with van der Waals surface area (Å²) in [4.78, 5) is 28.2. The van der Waals surface area contributed by atoms with Crippen molar-refractivity contribution < 1.29 is 9.59 Å². The molecule has 3 rings (SSSR count). The summed E-state index contributed by atoms with van der Waals surface area (Å²) < 4.78 is 0. The first-order chi connectivity index (χ1) is 10.2. The molecule has 1 saturated heterocycles. The third-order valence-electron chi connectivity index (χ3n) is 4.51. The van der Waals surface area contributed by atoms with Gasteiger partial charge in [0.1, 0.15) is 0 Å². The van der Waals surface area contributed by atoms with Crippen LogP contribution in [0.25, 0.3) is 0 Å². The van der Waals surface area contributed by atoms with Crippen LogP contribution >= 0.6 is 0 Å². The minimum Gasteiger partial charge on any atom is -0.317 e. The lowest BCUT2D eigenvalue weighted by molar-refractivity contribution is 0.0628. The standard InChI is InChI=1S/C16H21N3O2/c1-17-12-6-8-18(9-7-12)10-11-19-15(20)13-4-2-3-5-14(13)16(19)21/h2-5,12,17H,6-11H2,1H3. The number of benzene rings is 1. The quantitative estimate of drug-likeness (QED) is 0.838. The molecule has 1 aromatic carbocycles. The van der Waals surface area contributed by atoms with Gasteiger partial charge in [-0.05, 0) is 45.1 Å². The summed E-state index contributed by atoms with van der Waals surface area (Å²) in [5.41, 5.74) is 1.08. The number of rotatable bonds is 4. The van der Waals surface area contributed by atoms with Crippen LogP contribution in [0.3, 0.4) is 0 Å². The molecule has 0 atom stereocenters. The number of imide groups is 1. The van der Waals surface area contributed by atoms with Gasteiger partial charge < -0.3 is 10.2 Å². The molecule has 2 heterocycles. The first-order valence-electron chi connectivity index (χ1n) is 7.55. The second-order valence-electron chi connectivity index (χ2n) is 5.71. The summed E-state index contributed by atoms with van der Waals surface area (Å²) in [6.45, 7) is 3.29. The largest absolute Gasteiger partial charge is 0.317 e. The highest BCUT2D eigenvalue weighted by molar-refractivity contribution is 6.21. The summed E-state index contributed by atoms with van der Waals surface area (Å²) in [6.07, 6.45) is 2.25. The van der Waals surface area contributed by atoms with Gasteiger partial charge in [-0.25, -0.2) is 0 Å². The zero-order valence-corrected chi connectivity index (χ0v) is 12.3. The van der Waals surface area contributed by atoms with E-state index in [0.29, 0.717) is 23.7 Å². The number of likely N-dealkylation sites (tertiary alicyclic amines) is 1. The number of hydrogen-bond acceptors (Lipinski definition) is 4. The number of hydrogen-bond donors (Lipinski definition) is 1. The Hall–Kier alpha value is -1.72. The van der Waals surface area contributed by atoms with Gasteiger partial charge in [-0.1, -0.05) is 12.1 Å². The predicted molar refractivity (Wildman–Crippen MR) is 80.3 cm³/mol. The number of nitrogens with one attached hydrogen (secondary N) is 1. The SMILES string of the molecule is CNC1CCN(CCN2C(=O)c3ccccc3C2=O)CC1. The van der Waals surface area contributed by atoms with Gasteiger partial charge in [0.05, 0.1) is 11.1 Å². The maximum atomic E-state index is 12.3. The van der Waals surface area contributed by atoms with Crippen LogP contribution in [0.2, 0.25) is 0 Å². The van der Waals surface area contributed by atoms with E-state index in [9.17, 15) is 9.59 Å². The molecular weight excluding hydrogens is 266 g/mol. The second-order valence-corrected chi connectivity index (χ2v) is 5.71. The first kappa shape index (κ1) is 14.2. The van der Waals surface area contributed by atoms with E-state index < -0.39 is 0 Å². The van der Waals surface area contributed by atoms with Crippen LogP contribution in [0.5, 0.6) is 0 Å². The van der Waals surface area contributed by atoms with Crippen molar-refractivity contribution in [1.29, 1.82) is 0 Å². The fraction of sp³-hybridized carbons (Fsp3) is 0.500. The Kier molecular flexibility index (Phi) is 4.03. The highest BCUT2D eigenvalue weighted by Crippen LogP contribution is 2.22. The Bertz CT molecular complexity index is 515. The third kappa shape index (κ3) is 2.71. The van der Waals surface area contributed by atoms with E-state index in [0.717, 1.165) is 32.5 Å². The number of fused-ring (bicyclic) bond motifs is 1. The molecule has 0 bridgehead atoms. The zero-order chi connectivity index (χ0) is 14.8. The van der Waals surface area contributed by atoms with Crippen LogP contribution < -0.4 is 5.32 Å². The van der Waals surface area contributed by atoms with Crippen molar-refractivity contribution in [3.8, 4) is 0 Å². The molecule has 2 aliphatic rings. The molecule has 21 heavy (non-hydrogen) atoms. The van der Waals surface area contributed by atoms with Gasteiger partial charge in [0.25, 0.3) is 11.8 Å². The van der Waals surface area contributed by atoms with E-state index >= 15 is 0 Å². The molecule has 0 spiro atoms. The summed E-state index contributed by atoms with van der Waals surface area (Å²) in [5, 5.41) is 3.30. The van der Waals surface area contributed by atoms with Crippen molar-refractivity contribution in [1.82, 2.24) is 15.1 Å². The summed E-state index contributed by atoms with van der Waals surface area (Å²) >= 11 is 0. The monoisotopic (exact) mass is 287 g/mol. The molecule has 0 saturated carbocycles. The first-order valence-corrected chi connectivity index (χ1v) is 7.55. The van der Waals surface area contributed by atoms with Crippen LogP contribution in [-0.4, -0.2) is 60.9 Å². The van der Waals surface area contributed by atoms with Gasteiger partial charge in [-0.2, -0.15) is 0 Å². The van der Waals surface area contributed by atoms with E-state index in [-0.39, 0.29) is 11.8 Å². The van der Waals surface area contributed by atoms with Crippen molar-refractivity contribution in [3.05, 3.63) is 35.4 Å². The molecule has 0 unspecified atom stereocenters. The zero-order valence-electron chi connectivity index (χ0n) is 12.3. The van der Waals surface area contributed by atoms with Crippen LogP contribution in [0, 0.1) is 0 Å². The predicted octanol–water partition coefficient (Wildman–Crippen LogP) is 0.966. The second kappa shape index (κ2) is 5.95. The molecule has 0 aliphatic carbocycles. The number of amides is 2. The molecule has 1 aromatic rings. The minimum absolute atomic E-state index is 0.152. The molecule has 5 nitrogen and oxygen atoms in total. The maximum Gasteiger partial charge on any atom is 0.261 e. The summed E-state index contributed by atoms with van der Waals surface area (Å²) in [5.74, 6) is -0.304. The Morgan fingerprint density at radius 2 is 1.62 bits per heavy atom. The number of piperidine rings is 1. The molecule has 1 fully saturated rings. The molecule has 5 heteroatoms. The van der Waals surface area contributed by atoms with E-state index in [2.05, 4.69) is 10.2 Å². The van der Waals surface area contributed by atoms with Crippen molar-refractivity contribution in [2.75, 3.05) is 33.2 Å². The molecule has 112 valence electrons. The molecular formula is C16H21N3O2. The van der Waals surface area contributed by atoms with Crippen molar-refractivity contribution in [3.63, 3.8) is 0 Å². The highest BCUT2D eigenvalue weighted by atomic mass is 16.2. The molecule has 2 aliphatic heterocycles. The molecule has 0 radical (unpaired) electrons. The smallest absolute Gasteiger partial charge is 0.261 e. The Morgan fingerprint density at radius 3 is 2.14 bits per heavy atom. The van der Waals surface area contributed by atoms with Gasteiger partial charge in [0, 0.05) is 19.1 Å². The molecule has 1 N–H and O–H groups in total. The Balaban J connectivity index is 1.58. The van der Waals surface area contributed by atoms with Crippen LogP contribution in [0.4, 0.5) is 0 Å². The average molecular weight is 287 g/mol. The van der Waals surface area contributed by atoms with Crippen molar-refractivity contribution in [2.24, 2.45) is 0 Å². The highest BCUT2D eigenvalue weighted by Gasteiger charge is 2.35. The number of carbonyl (C=O) groups is 2. The minimum atomic E-state index is -0.152. The lowest BCUT2D eigenvalue weighted by Crippen LogP contribution is -2.45. The lowest BCUT2D eigenvalue weighted by Gasteiger charge is -2.32. The third-order valence-corrected chi connectivity index (χ3v) is 4.51. The van der Waals surface area contributed by atoms with Crippen molar-refractivity contribution >= 4 is 11.8 Å². The van der Waals surface area contributed by atoms with E-state index in [1.807, 2.05) is 7.05 Å². The van der Waals surface area contributed by atoms with Crippen LogP contribution in [0.1, 0.15) is 33.6 Å². The molecule has 2 amide bonds. The molecule has 0 aromatic heterocycles. The van der Waals surface area contributed by atoms with Gasteiger partial charge in [-0.3, -0.25) is 14.5 Å². The normalized spacial score (nSPS) is 20.1. The Morgan fingerprint density at radius 1 is 1.05 bits per heavy atom. The van der Waals surface area contributed by atoms with Gasteiger partial charge in [0.15, 0.2) is 0 Å². The van der Waals surface area contributed by atoms with E-state index in [1.165, 1.54) is 4.90 Å². The van der Waals surface area contributed by atoms with E-state index in [4.69, 9.17) is 0 Å². The number of nitrogens with zero attached hydrogens (tertiary/aromatic N) is 2. The number of carbonyl (C=O) groups excluding carboxylic acids is 2. The Labute approximate surface area is 124 Å². The van der Waals surface area contributed by atoms with Gasteiger partial charge in [-0.15, -0.1) is 0 Å². The van der Waals surface area contributed by atoms with E-state index in [1.54, 1.807) is 24.3 Å². The van der Waals surface area contributed by atoms with Gasteiger partial charge >= 0.3 is 0 Å². The topological polar surface area (TPSA) is 52.6 Å². The fourth-order valence-electron chi connectivity index (χ4n) is 3.13. The summed E-state index contributed by atoms with van der Waals surface area (Å²) in [7, 11) is 2.00. The lowest BCUT2D eigenvalue weighted by atomic mass is 10.1. The van der Waals surface area contributed by atoms with Crippen molar-refractivity contribution in [2.45, 2.75) is 18.9 Å². The fourth-order valence-corrected chi connectivity index (χ4v) is 3.13. The average Bonchev–Trinajstić information content (AvgIpc) is 2.78. The summed E-state index contributed by atoms with van der Waals surface area (Å²) in [6, 6.07) is 7.66. The van der Waals surface area contributed by atoms with Crippen LogP contribution in [0.15, 0.2) is 24.3 Å². The van der Waals surface area contributed by atoms with Crippen LogP contribution in [-0.2, 0) is 0 Å². The van der Waals surface area contributed by atoms with Gasteiger partial charge in [0.2, 0.25) is 0 Å².